The van der Waals surface area contributed by atoms with E-state index in [9.17, 15) is 0 Å². The lowest BCUT2D eigenvalue weighted by molar-refractivity contribution is 0.767. The Kier molecular flexibility index (Phi) is 4.58. The van der Waals surface area contributed by atoms with Crippen LogP contribution in [0.3, 0.4) is 0 Å². The minimum Gasteiger partial charge on any atom is -0.399 e. The van der Waals surface area contributed by atoms with E-state index < -0.39 is 5.41 Å². The molecule has 0 atom stereocenters. The number of nitrogens with two attached hydrogens (primary N) is 2. The maximum atomic E-state index is 6.05. The van der Waals surface area contributed by atoms with Crippen LogP contribution in [0.15, 0.2) is 84.9 Å². The maximum absolute atomic E-state index is 6.05. The third-order valence-corrected chi connectivity index (χ3v) is 7.09. The zero-order valence-corrected chi connectivity index (χ0v) is 19.8. The molecule has 0 heterocycles. The van der Waals surface area contributed by atoms with E-state index in [1.165, 1.54) is 40.5 Å². The van der Waals surface area contributed by atoms with Crippen molar-refractivity contribution in [1.29, 1.82) is 0 Å². The van der Waals surface area contributed by atoms with Crippen LogP contribution in [-0.2, 0) is 5.41 Å². The normalized spacial score (nSPS) is 13.7. The first-order valence-corrected chi connectivity index (χ1v) is 11.5. The van der Waals surface area contributed by atoms with Crippen LogP contribution in [0, 0.1) is 7.14 Å². The van der Waals surface area contributed by atoms with Gasteiger partial charge in [-0.2, -0.15) is 0 Å². The molecule has 0 unspecified atom stereocenters. The Morgan fingerprint density at radius 1 is 0.517 bits per heavy atom. The minimum atomic E-state index is -0.408. The fourth-order valence-electron chi connectivity index (χ4n) is 4.52. The summed E-state index contributed by atoms with van der Waals surface area (Å²) in [6, 6.07) is 30.1. The molecule has 2 nitrogen and oxygen atoms in total. The zero-order chi connectivity index (χ0) is 20.2. The second kappa shape index (κ2) is 7.02. The quantitative estimate of drug-likeness (QED) is 0.182. The monoisotopic (exact) mass is 600 g/mol. The lowest BCUT2D eigenvalue weighted by Crippen LogP contribution is -2.28. The van der Waals surface area contributed by atoms with Gasteiger partial charge < -0.3 is 11.5 Å². The van der Waals surface area contributed by atoms with Crippen molar-refractivity contribution in [3.05, 3.63) is 114 Å². The minimum absolute atomic E-state index is 0.408. The third kappa shape index (κ3) is 2.87. The van der Waals surface area contributed by atoms with Gasteiger partial charge in [-0.15, -0.1) is 0 Å². The zero-order valence-electron chi connectivity index (χ0n) is 15.5. The Labute approximate surface area is 197 Å². The summed E-state index contributed by atoms with van der Waals surface area (Å²) in [6.45, 7) is 0. The van der Waals surface area contributed by atoms with Gasteiger partial charge in [0.15, 0.2) is 0 Å². The fourth-order valence-corrected chi connectivity index (χ4v) is 5.51. The van der Waals surface area contributed by atoms with Crippen LogP contribution >= 0.6 is 45.2 Å². The molecule has 142 valence electrons. The summed E-state index contributed by atoms with van der Waals surface area (Å²) in [6.07, 6.45) is 0. The molecule has 0 fully saturated rings. The molecular formula is C25H18I2N2. The molecule has 4 N–H and O–H groups in total. The Morgan fingerprint density at radius 2 is 0.897 bits per heavy atom. The van der Waals surface area contributed by atoms with Crippen LogP contribution in [0.2, 0.25) is 0 Å². The van der Waals surface area contributed by atoms with Gasteiger partial charge in [-0.25, -0.2) is 0 Å². The lowest BCUT2D eigenvalue weighted by Gasteiger charge is -2.34. The van der Waals surface area contributed by atoms with Crippen LogP contribution in [0.1, 0.15) is 22.3 Å². The predicted octanol–water partition coefficient (Wildman–Crippen LogP) is 6.42. The van der Waals surface area contributed by atoms with Crippen molar-refractivity contribution in [1.82, 2.24) is 0 Å². The molecule has 0 aromatic heterocycles. The van der Waals surface area contributed by atoms with E-state index in [0.717, 1.165) is 11.4 Å². The van der Waals surface area contributed by atoms with Gasteiger partial charge in [0.25, 0.3) is 0 Å². The molecule has 0 radical (unpaired) electrons. The summed E-state index contributed by atoms with van der Waals surface area (Å²) < 4.78 is 2.44. The average Bonchev–Trinajstić information content (AvgIpc) is 2.99. The molecule has 0 saturated heterocycles. The molecule has 4 aromatic carbocycles. The molecule has 5 rings (SSSR count). The molecule has 0 spiro atoms. The highest BCUT2D eigenvalue weighted by atomic mass is 127. The van der Waals surface area contributed by atoms with Gasteiger partial charge in [0, 0.05) is 18.5 Å². The molecule has 0 aliphatic heterocycles. The number of benzene rings is 4. The number of hydrogen-bond donors (Lipinski definition) is 2. The van der Waals surface area contributed by atoms with Gasteiger partial charge in [0.05, 0.1) is 5.41 Å². The number of nitrogen functional groups attached to an aromatic ring is 2. The van der Waals surface area contributed by atoms with Crippen molar-refractivity contribution in [2.45, 2.75) is 5.41 Å². The first-order valence-electron chi connectivity index (χ1n) is 9.32. The molecule has 4 aromatic rings. The standard InChI is InChI=1S/C25H18I2N2/c26-17-5-11-21-22-12-6-18(27)14-24(22)25(23(21)13-17,15-1-7-19(28)8-2-15)16-3-9-20(29)10-4-16/h1-14H,28-29H2. The molecule has 0 saturated carbocycles. The van der Waals surface area contributed by atoms with Crippen molar-refractivity contribution in [3.8, 4) is 11.1 Å². The highest BCUT2D eigenvalue weighted by molar-refractivity contribution is 14.1. The van der Waals surface area contributed by atoms with Gasteiger partial charge in [0.1, 0.15) is 0 Å². The van der Waals surface area contributed by atoms with Crippen LogP contribution < -0.4 is 11.5 Å². The van der Waals surface area contributed by atoms with Gasteiger partial charge in [-0.1, -0.05) is 36.4 Å². The second-order valence-corrected chi connectivity index (χ2v) is 9.87. The Hall–Kier alpha value is -2.06. The molecular weight excluding hydrogens is 582 g/mol. The van der Waals surface area contributed by atoms with Crippen molar-refractivity contribution >= 4 is 56.6 Å². The van der Waals surface area contributed by atoms with Crippen molar-refractivity contribution in [2.75, 3.05) is 11.5 Å². The Bertz CT molecular complexity index is 1130. The molecule has 1 aliphatic rings. The summed E-state index contributed by atoms with van der Waals surface area (Å²) in [5.74, 6) is 0. The van der Waals surface area contributed by atoms with Crippen molar-refractivity contribution < 1.29 is 0 Å². The average molecular weight is 600 g/mol. The van der Waals surface area contributed by atoms with Gasteiger partial charge in [-0.3, -0.25) is 0 Å². The van der Waals surface area contributed by atoms with Crippen LogP contribution in [0.4, 0.5) is 11.4 Å². The highest BCUT2D eigenvalue weighted by Gasteiger charge is 2.46. The topological polar surface area (TPSA) is 52.0 Å². The van der Waals surface area contributed by atoms with Gasteiger partial charge >= 0.3 is 0 Å². The fraction of sp³-hybridized carbons (Fsp3) is 0.0400. The summed E-state index contributed by atoms with van der Waals surface area (Å²) >= 11 is 4.81. The smallest absolute Gasteiger partial charge is 0.0714 e. The Balaban J connectivity index is 1.97. The van der Waals surface area contributed by atoms with Crippen LogP contribution in [-0.4, -0.2) is 0 Å². The van der Waals surface area contributed by atoms with E-state index >= 15 is 0 Å². The van der Waals surface area contributed by atoms with E-state index in [2.05, 4.69) is 106 Å². The predicted molar refractivity (Wildman–Crippen MR) is 138 cm³/mol. The molecule has 0 bridgehead atoms. The van der Waals surface area contributed by atoms with Crippen molar-refractivity contribution in [2.24, 2.45) is 0 Å². The highest BCUT2D eigenvalue weighted by Crippen LogP contribution is 2.56. The maximum Gasteiger partial charge on any atom is 0.0714 e. The largest absolute Gasteiger partial charge is 0.399 e. The molecule has 29 heavy (non-hydrogen) atoms. The SMILES string of the molecule is Nc1ccc(C2(c3ccc(N)cc3)c3cc(I)ccc3-c3ccc(I)cc32)cc1. The summed E-state index contributed by atoms with van der Waals surface area (Å²) in [4.78, 5) is 0. The first-order chi connectivity index (χ1) is 14.0. The van der Waals surface area contributed by atoms with E-state index in [1.807, 2.05) is 24.3 Å². The van der Waals surface area contributed by atoms with Gasteiger partial charge in [0.2, 0.25) is 0 Å². The number of fused-ring (bicyclic) bond motifs is 3. The van der Waals surface area contributed by atoms with E-state index in [4.69, 9.17) is 11.5 Å². The summed E-state index contributed by atoms with van der Waals surface area (Å²) in [7, 11) is 0. The van der Waals surface area contributed by atoms with Crippen LogP contribution in [0.5, 0.6) is 0 Å². The van der Waals surface area contributed by atoms with E-state index in [1.54, 1.807) is 0 Å². The summed E-state index contributed by atoms with van der Waals surface area (Å²) in [5, 5.41) is 0. The van der Waals surface area contributed by atoms with Crippen molar-refractivity contribution in [3.63, 3.8) is 0 Å². The first kappa shape index (κ1) is 18.9. The summed E-state index contributed by atoms with van der Waals surface area (Å²) in [5.41, 5.74) is 20.8. The number of rotatable bonds is 2. The number of anilines is 2. The van der Waals surface area contributed by atoms with E-state index in [-0.39, 0.29) is 0 Å². The number of halogens is 2. The molecule has 4 heteroatoms. The second-order valence-electron chi connectivity index (χ2n) is 7.37. The third-order valence-electron chi connectivity index (χ3n) is 5.75. The molecule has 1 aliphatic carbocycles. The van der Waals surface area contributed by atoms with Crippen LogP contribution in [0.25, 0.3) is 11.1 Å². The lowest BCUT2D eigenvalue weighted by atomic mass is 9.67. The number of hydrogen-bond acceptors (Lipinski definition) is 2. The van der Waals surface area contributed by atoms with E-state index in [0.29, 0.717) is 0 Å². The van der Waals surface area contributed by atoms with Gasteiger partial charge in [-0.05, 0) is 127 Å². The Morgan fingerprint density at radius 3 is 1.28 bits per heavy atom. The molecule has 0 amide bonds.